The second-order valence-corrected chi connectivity index (χ2v) is 8.71. The van der Waals surface area contributed by atoms with Crippen LogP contribution >= 0.6 is 0 Å². The van der Waals surface area contributed by atoms with Crippen molar-refractivity contribution in [2.45, 2.75) is 24.3 Å². The number of hydrogen-bond acceptors (Lipinski definition) is 3. The average molecular weight is 412 g/mol. The minimum atomic E-state index is -4.01. The molecular weight excluding hydrogens is 394 g/mol. The summed E-state index contributed by atoms with van der Waals surface area (Å²) in [6.45, 7) is 1.95. The predicted molar refractivity (Wildman–Crippen MR) is 107 cm³/mol. The van der Waals surface area contributed by atoms with Gasteiger partial charge in [-0.1, -0.05) is 42.0 Å². The van der Waals surface area contributed by atoms with Gasteiger partial charge in [0.1, 0.15) is 11.6 Å². The molecule has 29 heavy (non-hydrogen) atoms. The Morgan fingerprint density at radius 3 is 2.00 bits per heavy atom. The molecule has 1 heterocycles. The van der Waals surface area contributed by atoms with Gasteiger partial charge >= 0.3 is 0 Å². The van der Waals surface area contributed by atoms with Gasteiger partial charge in [0.15, 0.2) is 0 Å². The van der Waals surface area contributed by atoms with Crippen molar-refractivity contribution in [2.75, 3.05) is 0 Å². The Morgan fingerprint density at radius 2 is 1.41 bits per heavy atom. The normalized spacial score (nSPS) is 16.7. The van der Waals surface area contributed by atoms with Gasteiger partial charge < -0.3 is 0 Å². The average Bonchev–Trinajstić information content (AvgIpc) is 3.16. The Labute approximate surface area is 168 Å². The van der Waals surface area contributed by atoms with Gasteiger partial charge in [-0.25, -0.2) is 8.78 Å². The second-order valence-electron chi connectivity index (χ2n) is 6.92. The number of benzene rings is 3. The van der Waals surface area contributed by atoms with Crippen molar-refractivity contribution in [3.63, 3.8) is 0 Å². The third kappa shape index (κ3) is 3.78. The van der Waals surface area contributed by atoms with Crippen LogP contribution in [0.15, 0.2) is 82.8 Å². The Morgan fingerprint density at radius 1 is 0.862 bits per heavy atom. The van der Waals surface area contributed by atoms with Crippen molar-refractivity contribution in [2.24, 2.45) is 5.10 Å². The monoisotopic (exact) mass is 412 g/mol. The molecule has 0 fully saturated rings. The summed E-state index contributed by atoms with van der Waals surface area (Å²) in [5.74, 6) is -0.894. The largest absolute Gasteiger partial charge is 0.279 e. The zero-order chi connectivity index (χ0) is 20.6. The molecule has 1 atom stereocenters. The van der Waals surface area contributed by atoms with Crippen LogP contribution in [-0.4, -0.2) is 18.5 Å². The van der Waals surface area contributed by atoms with E-state index in [1.807, 2.05) is 31.2 Å². The molecule has 0 aromatic heterocycles. The van der Waals surface area contributed by atoms with Crippen LogP contribution in [0.5, 0.6) is 0 Å². The molecule has 1 aliphatic heterocycles. The Hall–Kier alpha value is -3.06. The maximum absolute atomic E-state index is 13.3. The zero-order valence-corrected chi connectivity index (χ0v) is 16.4. The molecule has 0 spiro atoms. The molecule has 1 unspecified atom stereocenters. The van der Waals surface area contributed by atoms with Crippen LogP contribution in [0.3, 0.4) is 0 Å². The first-order valence-corrected chi connectivity index (χ1v) is 10.5. The molecule has 4 nitrogen and oxygen atoms in total. The fourth-order valence-corrected chi connectivity index (χ4v) is 4.71. The molecule has 0 N–H and O–H groups in total. The predicted octanol–water partition coefficient (Wildman–Crippen LogP) is 4.81. The molecule has 7 heteroatoms. The Balaban J connectivity index is 1.79. The Kier molecular flexibility index (Phi) is 4.92. The maximum Gasteiger partial charge on any atom is 0.279 e. The van der Waals surface area contributed by atoms with Gasteiger partial charge in [0, 0.05) is 6.42 Å². The molecule has 3 aromatic carbocycles. The summed E-state index contributed by atoms with van der Waals surface area (Å²) >= 11 is 0. The summed E-state index contributed by atoms with van der Waals surface area (Å²) in [6, 6.07) is 17.5. The lowest BCUT2D eigenvalue weighted by atomic mass is 9.98. The minimum absolute atomic E-state index is 0.0416. The summed E-state index contributed by atoms with van der Waals surface area (Å²) in [5, 5.41) is 4.38. The van der Waals surface area contributed by atoms with Crippen LogP contribution in [0.4, 0.5) is 8.78 Å². The van der Waals surface area contributed by atoms with Crippen molar-refractivity contribution in [3.8, 4) is 0 Å². The molecule has 3 aromatic rings. The van der Waals surface area contributed by atoms with Gasteiger partial charge in [-0.15, -0.1) is 0 Å². The van der Waals surface area contributed by atoms with Crippen molar-refractivity contribution in [1.82, 2.24) is 4.41 Å². The highest BCUT2D eigenvalue weighted by atomic mass is 32.2. The van der Waals surface area contributed by atoms with Crippen molar-refractivity contribution >= 4 is 15.7 Å². The summed E-state index contributed by atoms with van der Waals surface area (Å²) in [4.78, 5) is -0.0416. The lowest BCUT2D eigenvalue weighted by molar-refractivity contribution is 0.371. The number of sulfonamides is 1. The molecule has 148 valence electrons. The molecule has 0 bridgehead atoms. The summed E-state index contributed by atoms with van der Waals surface area (Å²) in [7, 11) is -4.01. The van der Waals surface area contributed by atoms with Crippen molar-refractivity contribution < 1.29 is 17.2 Å². The fraction of sp³-hybridized carbons (Fsp3) is 0.136. The van der Waals surface area contributed by atoms with Crippen LogP contribution < -0.4 is 0 Å². The fourth-order valence-electron chi connectivity index (χ4n) is 3.28. The highest BCUT2D eigenvalue weighted by Gasteiger charge is 2.37. The summed E-state index contributed by atoms with van der Waals surface area (Å²) < 4.78 is 54.2. The first kappa shape index (κ1) is 19.3. The van der Waals surface area contributed by atoms with Gasteiger partial charge in [-0.2, -0.15) is 17.9 Å². The van der Waals surface area contributed by atoms with Crippen molar-refractivity contribution in [3.05, 3.63) is 101 Å². The number of hydrogen-bond donors (Lipinski definition) is 0. The van der Waals surface area contributed by atoms with Crippen LogP contribution in [0.25, 0.3) is 0 Å². The topological polar surface area (TPSA) is 49.7 Å². The van der Waals surface area contributed by atoms with E-state index in [2.05, 4.69) is 5.10 Å². The molecule has 0 saturated heterocycles. The minimum Gasteiger partial charge on any atom is -0.207 e. The van der Waals surface area contributed by atoms with Gasteiger partial charge in [0.05, 0.1) is 16.6 Å². The van der Waals surface area contributed by atoms with Crippen LogP contribution in [0.1, 0.15) is 29.2 Å². The highest BCUT2D eigenvalue weighted by Crippen LogP contribution is 2.37. The molecule has 1 aliphatic rings. The third-order valence-corrected chi connectivity index (χ3v) is 6.57. The van der Waals surface area contributed by atoms with E-state index in [1.54, 1.807) is 12.1 Å². The summed E-state index contributed by atoms with van der Waals surface area (Å²) in [5.41, 5.74) is 3.04. The van der Waals surface area contributed by atoms with Gasteiger partial charge in [-0.3, -0.25) is 0 Å². The molecule has 0 saturated carbocycles. The Bertz CT molecular complexity index is 1160. The highest BCUT2D eigenvalue weighted by molar-refractivity contribution is 7.89. The van der Waals surface area contributed by atoms with Crippen LogP contribution in [0, 0.1) is 18.6 Å². The molecule has 0 aliphatic carbocycles. The lowest BCUT2D eigenvalue weighted by Crippen LogP contribution is -2.27. The van der Waals surface area contributed by atoms with Gasteiger partial charge in [0.25, 0.3) is 10.0 Å². The third-order valence-electron chi connectivity index (χ3n) is 4.87. The number of nitrogens with zero attached hydrogens (tertiary/aromatic N) is 2. The smallest absolute Gasteiger partial charge is 0.207 e. The van der Waals surface area contributed by atoms with E-state index in [0.717, 1.165) is 27.7 Å². The van der Waals surface area contributed by atoms with E-state index in [1.165, 1.54) is 24.3 Å². The second kappa shape index (κ2) is 7.40. The van der Waals surface area contributed by atoms with E-state index in [9.17, 15) is 17.2 Å². The van der Waals surface area contributed by atoms with Gasteiger partial charge in [-0.05, 0) is 54.4 Å². The molecule has 4 rings (SSSR count). The number of hydrazone groups is 1. The number of aryl methyl sites for hydroxylation is 1. The number of rotatable bonds is 4. The van der Waals surface area contributed by atoms with E-state index >= 15 is 0 Å². The molecule has 0 radical (unpaired) electrons. The first-order chi connectivity index (χ1) is 13.8. The van der Waals surface area contributed by atoms with Crippen LogP contribution in [-0.2, 0) is 10.0 Å². The first-order valence-electron chi connectivity index (χ1n) is 9.04. The van der Waals surface area contributed by atoms with E-state index < -0.39 is 21.9 Å². The maximum atomic E-state index is 13.3. The van der Waals surface area contributed by atoms with E-state index in [-0.39, 0.29) is 10.7 Å². The van der Waals surface area contributed by atoms with Crippen molar-refractivity contribution in [1.29, 1.82) is 0 Å². The number of halogens is 2. The lowest BCUT2D eigenvalue weighted by Gasteiger charge is -2.23. The standard InChI is InChI=1S/C22H18F2N2O2S/c1-15-2-4-17(5-3-15)22-14-21(16-6-8-18(23)9-7-16)25-26(22)29(27,28)20-12-10-19(24)11-13-20/h2-13,22H,14H2,1H3. The quantitative estimate of drug-likeness (QED) is 0.617. The SMILES string of the molecule is Cc1ccc(C2CC(c3ccc(F)cc3)=NN2S(=O)(=O)c2ccc(F)cc2)cc1. The van der Waals surface area contributed by atoms with Gasteiger partial charge in [0.2, 0.25) is 0 Å². The molecule has 0 amide bonds. The molecular formula is C22H18F2N2O2S. The zero-order valence-electron chi connectivity index (χ0n) is 15.6. The summed E-state index contributed by atoms with van der Waals surface area (Å²) in [6.07, 6.45) is 0.342. The van der Waals surface area contributed by atoms with Crippen LogP contribution in [0.2, 0.25) is 0 Å². The van der Waals surface area contributed by atoms with E-state index in [0.29, 0.717) is 17.7 Å². The van der Waals surface area contributed by atoms with E-state index in [4.69, 9.17) is 0 Å².